The van der Waals surface area contributed by atoms with E-state index < -0.39 is 5.97 Å². The molecule has 7 heteroatoms. The first kappa shape index (κ1) is 18.1. The number of likely N-dealkylation sites (tertiary alicyclic amines) is 1. The highest BCUT2D eigenvalue weighted by molar-refractivity contribution is 7.15. The molecule has 1 saturated heterocycles. The molecule has 1 fully saturated rings. The molecule has 0 spiro atoms. The van der Waals surface area contributed by atoms with Gasteiger partial charge >= 0.3 is 5.97 Å². The fourth-order valence-electron chi connectivity index (χ4n) is 3.03. The van der Waals surface area contributed by atoms with Crippen LogP contribution in [0, 0.1) is 0 Å². The lowest BCUT2D eigenvalue weighted by atomic mass is 10.0. The van der Waals surface area contributed by atoms with E-state index in [2.05, 4.69) is 12.2 Å². The van der Waals surface area contributed by atoms with Crippen LogP contribution in [0.1, 0.15) is 55.9 Å². The molecule has 2 heterocycles. The summed E-state index contributed by atoms with van der Waals surface area (Å²) in [6.07, 6.45) is 3.21. The molecule has 1 atom stereocenters. The van der Waals surface area contributed by atoms with Crippen LogP contribution in [0.15, 0.2) is 36.4 Å². The van der Waals surface area contributed by atoms with Crippen LogP contribution in [0.3, 0.4) is 0 Å². The topological polar surface area (TPSA) is 86.7 Å². The molecule has 3 rings (SSSR count). The lowest BCUT2D eigenvalue weighted by molar-refractivity contribution is 0.0634. The minimum absolute atomic E-state index is 0.0134. The molecule has 1 aromatic heterocycles. The van der Waals surface area contributed by atoms with Gasteiger partial charge in [0.1, 0.15) is 4.88 Å². The van der Waals surface area contributed by atoms with Gasteiger partial charge in [-0.05, 0) is 62.6 Å². The summed E-state index contributed by atoms with van der Waals surface area (Å²) in [5, 5.41) is 11.6. The average molecular weight is 372 g/mol. The molecule has 1 aliphatic rings. The fraction of sp³-hybridized carbons (Fsp3) is 0.316. The zero-order chi connectivity index (χ0) is 18.7. The van der Waals surface area contributed by atoms with Gasteiger partial charge in [-0.2, -0.15) is 0 Å². The van der Waals surface area contributed by atoms with Crippen LogP contribution in [0.25, 0.3) is 0 Å². The van der Waals surface area contributed by atoms with Crippen molar-refractivity contribution in [3.63, 3.8) is 0 Å². The summed E-state index contributed by atoms with van der Waals surface area (Å²) in [6, 6.07) is 9.92. The zero-order valence-corrected chi connectivity index (χ0v) is 15.2. The average Bonchev–Trinajstić information content (AvgIpc) is 3.13. The van der Waals surface area contributed by atoms with Gasteiger partial charge < -0.3 is 15.3 Å². The number of hydrogen-bond donors (Lipinski definition) is 2. The van der Waals surface area contributed by atoms with Crippen molar-refractivity contribution in [1.82, 2.24) is 4.90 Å². The molecule has 2 aromatic rings. The number of nitrogens with one attached hydrogen (secondary N) is 1. The largest absolute Gasteiger partial charge is 0.477 e. The van der Waals surface area contributed by atoms with Gasteiger partial charge in [-0.3, -0.25) is 9.59 Å². The second kappa shape index (κ2) is 7.70. The minimum Gasteiger partial charge on any atom is -0.477 e. The van der Waals surface area contributed by atoms with Crippen LogP contribution in [0.5, 0.6) is 0 Å². The number of nitrogens with zero attached hydrogens (tertiary/aromatic N) is 1. The van der Waals surface area contributed by atoms with E-state index in [1.54, 1.807) is 24.3 Å². The predicted molar refractivity (Wildman–Crippen MR) is 100 cm³/mol. The second-order valence-electron chi connectivity index (χ2n) is 6.34. The number of anilines is 1. The summed E-state index contributed by atoms with van der Waals surface area (Å²) in [5.41, 5.74) is 1.16. The molecule has 1 unspecified atom stereocenters. The molecule has 136 valence electrons. The summed E-state index contributed by atoms with van der Waals surface area (Å²) >= 11 is 0.923. The molecule has 1 aliphatic heterocycles. The predicted octanol–water partition coefficient (Wildman–Crippen LogP) is 3.71. The lowest BCUT2D eigenvalue weighted by Gasteiger charge is -2.33. The van der Waals surface area contributed by atoms with Crippen LogP contribution in [-0.2, 0) is 0 Å². The molecule has 26 heavy (non-hydrogen) atoms. The number of rotatable bonds is 4. The van der Waals surface area contributed by atoms with Gasteiger partial charge in [-0.25, -0.2) is 4.79 Å². The second-order valence-corrected chi connectivity index (χ2v) is 7.43. The van der Waals surface area contributed by atoms with E-state index in [1.165, 1.54) is 12.1 Å². The Hall–Kier alpha value is -2.67. The zero-order valence-electron chi connectivity index (χ0n) is 14.4. The maximum Gasteiger partial charge on any atom is 0.345 e. The Kier molecular flexibility index (Phi) is 5.37. The Labute approximate surface area is 155 Å². The number of aromatic carboxylic acids is 1. The molecule has 6 nitrogen and oxygen atoms in total. The van der Waals surface area contributed by atoms with Crippen molar-refractivity contribution >= 4 is 34.8 Å². The third-order valence-corrected chi connectivity index (χ3v) is 5.57. The number of thiophene rings is 1. The summed E-state index contributed by atoms with van der Waals surface area (Å²) in [4.78, 5) is 38.0. The van der Waals surface area contributed by atoms with Crippen LogP contribution in [-0.4, -0.2) is 40.4 Å². The van der Waals surface area contributed by atoms with Crippen LogP contribution in [0.2, 0.25) is 0 Å². The molecular weight excluding hydrogens is 352 g/mol. The molecule has 0 bridgehead atoms. The number of carbonyl (C=O) groups is 3. The van der Waals surface area contributed by atoms with Crippen molar-refractivity contribution in [1.29, 1.82) is 0 Å². The van der Waals surface area contributed by atoms with Gasteiger partial charge in [0.15, 0.2) is 0 Å². The number of carboxylic acid groups (broad SMARTS) is 1. The maximum absolute atomic E-state index is 12.6. The van der Waals surface area contributed by atoms with Crippen molar-refractivity contribution in [2.75, 3.05) is 11.9 Å². The van der Waals surface area contributed by atoms with Gasteiger partial charge in [0.05, 0.1) is 4.88 Å². The fourth-order valence-corrected chi connectivity index (χ4v) is 3.77. The third kappa shape index (κ3) is 3.94. The van der Waals surface area contributed by atoms with E-state index in [9.17, 15) is 14.4 Å². The normalized spacial score (nSPS) is 17.0. The molecule has 0 radical (unpaired) electrons. The van der Waals surface area contributed by atoms with Crippen molar-refractivity contribution in [2.45, 2.75) is 32.2 Å². The smallest absolute Gasteiger partial charge is 0.345 e. The summed E-state index contributed by atoms with van der Waals surface area (Å²) in [6.45, 7) is 2.85. The number of amides is 2. The first-order valence-corrected chi connectivity index (χ1v) is 9.33. The van der Waals surface area contributed by atoms with E-state index >= 15 is 0 Å². The number of carbonyl (C=O) groups excluding carboxylic acids is 2. The third-order valence-electron chi connectivity index (χ3n) is 4.49. The van der Waals surface area contributed by atoms with Gasteiger partial charge in [0.2, 0.25) is 0 Å². The van der Waals surface area contributed by atoms with E-state index in [4.69, 9.17) is 5.11 Å². The molecular formula is C19H20N2O4S. The van der Waals surface area contributed by atoms with Gasteiger partial charge in [0.25, 0.3) is 11.8 Å². The first-order valence-electron chi connectivity index (χ1n) is 8.51. The number of piperidine rings is 1. The standard InChI is InChI=1S/C19H20N2O4S/c1-12-4-2-3-11-21(12)18(23)13-5-7-14(8-6-13)20-17(22)15-9-10-16(26-15)19(24)25/h5-10,12H,2-4,11H2,1H3,(H,20,22)(H,24,25). The van der Waals surface area contributed by atoms with E-state index in [0.29, 0.717) is 16.1 Å². The quantitative estimate of drug-likeness (QED) is 0.856. The molecule has 0 aliphatic carbocycles. The van der Waals surface area contributed by atoms with Crippen molar-refractivity contribution in [2.24, 2.45) is 0 Å². The first-order chi connectivity index (χ1) is 12.5. The van der Waals surface area contributed by atoms with E-state index in [-0.39, 0.29) is 22.7 Å². The Balaban J connectivity index is 1.66. The highest BCUT2D eigenvalue weighted by Crippen LogP contribution is 2.21. The molecule has 2 amide bonds. The van der Waals surface area contributed by atoms with Gasteiger partial charge in [-0.1, -0.05) is 0 Å². The Morgan fingerprint density at radius 2 is 1.77 bits per heavy atom. The monoisotopic (exact) mass is 372 g/mol. The Morgan fingerprint density at radius 3 is 2.38 bits per heavy atom. The highest BCUT2D eigenvalue weighted by Gasteiger charge is 2.24. The summed E-state index contributed by atoms with van der Waals surface area (Å²) < 4.78 is 0. The highest BCUT2D eigenvalue weighted by atomic mass is 32.1. The van der Waals surface area contributed by atoms with E-state index in [1.807, 2.05) is 4.90 Å². The van der Waals surface area contributed by atoms with Gasteiger partial charge in [0, 0.05) is 23.8 Å². The molecule has 0 saturated carbocycles. The van der Waals surface area contributed by atoms with E-state index in [0.717, 1.165) is 37.1 Å². The maximum atomic E-state index is 12.6. The molecule has 2 N–H and O–H groups in total. The van der Waals surface area contributed by atoms with Crippen molar-refractivity contribution in [3.8, 4) is 0 Å². The molecule has 1 aromatic carbocycles. The van der Waals surface area contributed by atoms with Crippen LogP contribution in [0.4, 0.5) is 5.69 Å². The van der Waals surface area contributed by atoms with Crippen LogP contribution >= 0.6 is 11.3 Å². The Bertz CT molecular complexity index is 828. The number of benzene rings is 1. The summed E-state index contributed by atoms with van der Waals surface area (Å²) in [5.74, 6) is -1.41. The van der Waals surface area contributed by atoms with Crippen molar-refractivity contribution in [3.05, 3.63) is 51.7 Å². The SMILES string of the molecule is CC1CCCCN1C(=O)c1ccc(NC(=O)c2ccc(C(=O)O)s2)cc1. The van der Waals surface area contributed by atoms with Crippen molar-refractivity contribution < 1.29 is 19.5 Å². The Morgan fingerprint density at radius 1 is 1.08 bits per heavy atom. The summed E-state index contributed by atoms with van der Waals surface area (Å²) in [7, 11) is 0. The van der Waals surface area contributed by atoms with Gasteiger partial charge in [-0.15, -0.1) is 11.3 Å². The van der Waals surface area contributed by atoms with Crippen LogP contribution < -0.4 is 5.32 Å². The lowest BCUT2D eigenvalue weighted by Crippen LogP contribution is -2.42. The minimum atomic E-state index is -1.05. The number of carboxylic acids is 1. The number of hydrogen-bond acceptors (Lipinski definition) is 4.